The van der Waals surface area contributed by atoms with Gasteiger partial charge in [-0.2, -0.15) is 0 Å². The van der Waals surface area contributed by atoms with Crippen molar-refractivity contribution >= 4 is 0 Å². The summed E-state index contributed by atoms with van der Waals surface area (Å²) in [5.74, 6) is 1.72. The van der Waals surface area contributed by atoms with Gasteiger partial charge in [-0.15, -0.1) is 0 Å². The summed E-state index contributed by atoms with van der Waals surface area (Å²) in [6, 6.07) is 8.57. The monoisotopic (exact) mass is 320 g/mol. The van der Waals surface area contributed by atoms with Gasteiger partial charge in [0.05, 0.1) is 0 Å². The smallest absolute Gasteiger partial charge is 0.201 e. The summed E-state index contributed by atoms with van der Waals surface area (Å²) < 4.78 is 11.3. The zero-order valence-corrected chi connectivity index (χ0v) is 16.6. The Balaban J connectivity index is 2.95. The SMILES string of the molecule is COC(Oc1ccc(C(CC(C)(C)C)C(C)(C)C)cc1)C(C)C. The van der Waals surface area contributed by atoms with Gasteiger partial charge in [-0.05, 0) is 40.9 Å². The summed E-state index contributed by atoms with van der Waals surface area (Å²) in [4.78, 5) is 0. The molecule has 0 saturated heterocycles. The maximum atomic E-state index is 5.92. The number of ether oxygens (including phenoxy) is 2. The quantitative estimate of drug-likeness (QED) is 0.576. The third-order valence-corrected chi connectivity index (χ3v) is 4.17. The minimum absolute atomic E-state index is 0.200. The van der Waals surface area contributed by atoms with E-state index in [9.17, 15) is 0 Å². The van der Waals surface area contributed by atoms with E-state index in [2.05, 4.69) is 79.7 Å². The van der Waals surface area contributed by atoms with Crippen molar-refractivity contribution in [3.8, 4) is 5.75 Å². The minimum Gasteiger partial charge on any atom is -0.465 e. The van der Waals surface area contributed by atoms with Gasteiger partial charge in [0, 0.05) is 13.0 Å². The fraction of sp³-hybridized carbons (Fsp3) is 0.714. The van der Waals surface area contributed by atoms with Gasteiger partial charge >= 0.3 is 0 Å². The first-order valence-corrected chi connectivity index (χ1v) is 8.73. The van der Waals surface area contributed by atoms with Crippen LogP contribution in [0, 0.1) is 16.7 Å². The number of benzene rings is 1. The average molecular weight is 321 g/mol. The molecule has 0 saturated carbocycles. The Morgan fingerprint density at radius 2 is 1.43 bits per heavy atom. The third-order valence-electron chi connectivity index (χ3n) is 4.17. The molecule has 1 rings (SSSR count). The molecule has 0 aliphatic rings. The van der Waals surface area contributed by atoms with Crippen LogP contribution in [0.4, 0.5) is 0 Å². The Hall–Kier alpha value is -1.02. The maximum absolute atomic E-state index is 5.92. The second kappa shape index (κ2) is 7.70. The Kier molecular flexibility index (Phi) is 6.70. The molecule has 0 fully saturated rings. The Labute approximate surface area is 143 Å². The van der Waals surface area contributed by atoms with E-state index in [0.717, 1.165) is 5.75 Å². The molecule has 2 atom stereocenters. The molecule has 23 heavy (non-hydrogen) atoms. The molecule has 1 aromatic carbocycles. The van der Waals surface area contributed by atoms with Crippen LogP contribution < -0.4 is 4.74 Å². The van der Waals surface area contributed by atoms with Crippen molar-refractivity contribution in [2.75, 3.05) is 7.11 Å². The van der Waals surface area contributed by atoms with Crippen molar-refractivity contribution in [3.05, 3.63) is 29.8 Å². The van der Waals surface area contributed by atoms with Gasteiger partial charge in [0.25, 0.3) is 0 Å². The molecule has 0 amide bonds. The van der Waals surface area contributed by atoms with Crippen LogP contribution in [0.25, 0.3) is 0 Å². The normalized spacial score (nSPS) is 15.6. The van der Waals surface area contributed by atoms with Gasteiger partial charge in [-0.1, -0.05) is 67.5 Å². The highest BCUT2D eigenvalue weighted by molar-refractivity contribution is 5.30. The maximum Gasteiger partial charge on any atom is 0.201 e. The lowest BCUT2D eigenvalue weighted by molar-refractivity contribution is -0.0833. The first-order valence-electron chi connectivity index (χ1n) is 8.73. The minimum atomic E-state index is -0.200. The molecule has 0 radical (unpaired) electrons. The molecule has 132 valence electrons. The number of hydrogen-bond donors (Lipinski definition) is 0. The van der Waals surface area contributed by atoms with Crippen LogP contribution in [0.2, 0.25) is 0 Å². The fourth-order valence-corrected chi connectivity index (χ4v) is 2.91. The zero-order chi connectivity index (χ0) is 17.8. The van der Waals surface area contributed by atoms with Gasteiger partial charge in [0.1, 0.15) is 5.75 Å². The van der Waals surface area contributed by atoms with Gasteiger partial charge in [0.2, 0.25) is 6.29 Å². The van der Waals surface area contributed by atoms with E-state index in [1.54, 1.807) is 7.11 Å². The van der Waals surface area contributed by atoms with Gasteiger partial charge in [-0.3, -0.25) is 0 Å². The summed E-state index contributed by atoms with van der Waals surface area (Å²) in [7, 11) is 1.69. The van der Waals surface area contributed by atoms with E-state index >= 15 is 0 Å². The molecule has 0 bridgehead atoms. The number of methoxy groups -OCH3 is 1. The van der Waals surface area contributed by atoms with Crippen LogP contribution in [-0.4, -0.2) is 13.4 Å². The average Bonchev–Trinajstić information content (AvgIpc) is 2.40. The number of rotatable bonds is 6. The Morgan fingerprint density at radius 3 is 1.78 bits per heavy atom. The summed E-state index contributed by atoms with van der Waals surface area (Å²) in [5, 5.41) is 0. The highest BCUT2D eigenvalue weighted by Gasteiger charge is 2.30. The molecular formula is C21H36O2. The zero-order valence-electron chi connectivity index (χ0n) is 16.6. The lowest BCUT2D eigenvalue weighted by Gasteiger charge is -2.36. The van der Waals surface area contributed by atoms with Crippen LogP contribution in [0.5, 0.6) is 5.75 Å². The third kappa shape index (κ3) is 6.55. The predicted octanol–water partition coefficient (Wildman–Crippen LogP) is 6.26. The Morgan fingerprint density at radius 1 is 0.913 bits per heavy atom. The van der Waals surface area contributed by atoms with Gasteiger partial charge < -0.3 is 9.47 Å². The van der Waals surface area contributed by atoms with Crippen LogP contribution >= 0.6 is 0 Å². The van der Waals surface area contributed by atoms with Crippen LogP contribution in [0.3, 0.4) is 0 Å². The molecule has 0 heterocycles. The molecule has 2 unspecified atom stereocenters. The lowest BCUT2D eigenvalue weighted by atomic mass is 9.69. The van der Waals surface area contributed by atoms with Crippen molar-refractivity contribution in [2.24, 2.45) is 16.7 Å². The molecule has 2 nitrogen and oxygen atoms in total. The summed E-state index contributed by atoms with van der Waals surface area (Å²) in [6.07, 6.45) is 0.970. The lowest BCUT2D eigenvalue weighted by Crippen LogP contribution is -2.25. The van der Waals surface area contributed by atoms with E-state index in [4.69, 9.17) is 9.47 Å². The van der Waals surface area contributed by atoms with E-state index in [1.165, 1.54) is 12.0 Å². The van der Waals surface area contributed by atoms with Crippen LogP contribution in [-0.2, 0) is 4.74 Å². The van der Waals surface area contributed by atoms with E-state index < -0.39 is 0 Å². The van der Waals surface area contributed by atoms with Crippen LogP contribution in [0.15, 0.2) is 24.3 Å². The Bertz CT molecular complexity index is 460. The first kappa shape index (κ1) is 20.0. The van der Waals surface area contributed by atoms with Crippen LogP contribution in [0.1, 0.15) is 73.3 Å². The molecule has 1 aromatic rings. The second-order valence-corrected chi connectivity index (χ2v) is 9.22. The summed E-state index contributed by atoms with van der Waals surface area (Å²) >= 11 is 0. The van der Waals surface area contributed by atoms with Crippen molar-refractivity contribution in [2.45, 2.75) is 74.0 Å². The molecule has 0 aliphatic heterocycles. The molecule has 0 spiro atoms. The predicted molar refractivity (Wildman–Crippen MR) is 99.0 cm³/mol. The van der Waals surface area contributed by atoms with Crippen molar-refractivity contribution in [1.82, 2.24) is 0 Å². The largest absolute Gasteiger partial charge is 0.465 e. The highest BCUT2D eigenvalue weighted by atomic mass is 16.7. The standard InChI is InChI=1S/C21H36O2/c1-15(2)19(22-9)23-17-12-10-16(11-13-17)18(21(6,7)8)14-20(3,4)5/h10-13,15,18-19H,14H2,1-9H3. The summed E-state index contributed by atoms with van der Waals surface area (Å²) in [6.45, 7) is 18.1. The summed E-state index contributed by atoms with van der Waals surface area (Å²) in [5.41, 5.74) is 1.94. The van der Waals surface area contributed by atoms with E-state index in [0.29, 0.717) is 17.3 Å². The van der Waals surface area contributed by atoms with Crippen molar-refractivity contribution in [3.63, 3.8) is 0 Å². The topological polar surface area (TPSA) is 18.5 Å². The number of hydrogen-bond acceptors (Lipinski definition) is 2. The van der Waals surface area contributed by atoms with E-state index in [1.807, 2.05) is 0 Å². The van der Waals surface area contributed by atoms with Gasteiger partial charge in [-0.25, -0.2) is 0 Å². The molecule has 0 aromatic heterocycles. The fourth-order valence-electron chi connectivity index (χ4n) is 2.91. The molecule has 0 aliphatic carbocycles. The van der Waals surface area contributed by atoms with Gasteiger partial charge in [0.15, 0.2) is 0 Å². The molecule has 2 heteroatoms. The highest BCUT2D eigenvalue weighted by Crippen LogP contribution is 2.43. The second-order valence-electron chi connectivity index (χ2n) is 9.22. The van der Waals surface area contributed by atoms with Crippen molar-refractivity contribution < 1.29 is 9.47 Å². The first-order chi connectivity index (χ1) is 10.4. The van der Waals surface area contributed by atoms with Crippen molar-refractivity contribution in [1.29, 1.82) is 0 Å². The molecule has 0 N–H and O–H groups in total. The molecular weight excluding hydrogens is 284 g/mol. The van der Waals surface area contributed by atoms with E-state index in [-0.39, 0.29) is 11.7 Å².